The molecule has 22 heavy (non-hydrogen) atoms. The Kier molecular flexibility index (Phi) is 5.05. The molecule has 1 saturated heterocycles. The third-order valence-electron chi connectivity index (χ3n) is 3.36. The lowest BCUT2D eigenvalue weighted by molar-refractivity contribution is -0.00186. The van der Waals surface area contributed by atoms with E-state index >= 15 is 0 Å². The van der Waals surface area contributed by atoms with E-state index in [0.717, 1.165) is 18.8 Å². The highest BCUT2D eigenvalue weighted by atomic mass is 16.6. The van der Waals surface area contributed by atoms with Crippen molar-refractivity contribution in [3.8, 4) is 0 Å². The third-order valence-corrected chi connectivity index (χ3v) is 3.36. The molecule has 0 radical (unpaired) electrons. The van der Waals surface area contributed by atoms with Crippen LogP contribution < -0.4 is 0 Å². The molecule has 1 aliphatic heterocycles. The highest BCUT2D eigenvalue weighted by molar-refractivity contribution is 5.69. The molecule has 1 aromatic rings. The highest BCUT2D eigenvalue weighted by Crippen LogP contribution is 2.22. The summed E-state index contributed by atoms with van der Waals surface area (Å²) in [5.74, 6) is 1.77. The fourth-order valence-electron chi connectivity index (χ4n) is 2.22. The molecule has 1 aliphatic rings. The Balaban J connectivity index is 1.72. The van der Waals surface area contributed by atoms with E-state index in [4.69, 9.17) is 9.26 Å². The minimum atomic E-state index is -0.448. The molecular formula is C15H26N4O3. The van der Waals surface area contributed by atoms with Gasteiger partial charge in [0.2, 0.25) is 5.89 Å². The number of likely N-dealkylation sites (tertiary alicyclic amines) is 1. The van der Waals surface area contributed by atoms with Gasteiger partial charge in [-0.25, -0.2) is 4.79 Å². The molecule has 0 unspecified atom stereocenters. The topological polar surface area (TPSA) is 71.7 Å². The summed E-state index contributed by atoms with van der Waals surface area (Å²) in [6.07, 6.45) is 1.25. The maximum Gasteiger partial charge on any atom is 0.410 e. The summed E-state index contributed by atoms with van der Waals surface area (Å²) in [5, 5.41) is 3.98. The van der Waals surface area contributed by atoms with Crippen molar-refractivity contribution >= 4 is 6.09 Å². The molecule has 2 heterocycles. The number of carbonyl (C=O) groups is 1. The number of aromatic nitrogens is 2. The van der Waals surface area contributed by atoms with Crippen LogP contribution in [0.15, 0.2) is 4.52 Å². The Morgan fingerprint density at radius 1 is 1.41 bits per heavy atom. The van der Waals surface area contributed by atoms with Crippen LogP contribution in [0, 0.1) is 5.92 Å². The van der Waals surface area contributed by atoms with Crippen molar-refractivity contribution in [2.75, 3.05) is 33.7 Å². The third kappa shape index (κ3) is 4.98. The standard InChI is InChI=1S/C15H26N4O3/c1-15(2,3)21-14(20)19-9-11(10-19)8-13-16-12(17-22-13)6-7-18(4)5/h11H,6-10H2,1-5H3. The van der Waals surface area contributed by atoms with Crippen molar-refractivity contribution in [1.29, 1.82) is 0 Å². The molecule has 124 valence electrons. The maximum absolute atomic E-state index is 11.8. The number of likely N-dealkylation sites (N-methyl/N-ethyl adjacent to an activating group) is 1. The predicted octanol–water partition coefficient (Wildman–Crippen LogP) is 1.58. The molecule has 1 amide bonds. The van der Waals surface area contributed by atoms with Crippen molar-refractivity contribution in [2.45, 2.75) is 39.2 Å². The largest absolute Gasteiger partial charge is 0.444 e. The number of hydrogen-bond acceptors (Lipinski definition) is 6. The molecule has 1 fully saturated rings. The number of ether oxygens (including phenoxy) is 1. The smallest absolute Gasteiger partial charge is 0.410 e. The van der Waals surface area contributed by atoms with Gasteiger partial charge in [-0.05, 0) is 34.9 Å². The minimum Gasteiger partial charge on any atom is -0.444 e. The van der Waals surface area contributed by atoms with Crippen LogP contribution in [0.2, 0.25) is 0 Å². The van der Waals surface area contributed by atoms with Crippen molar-refractivity contribution in [1.82, 2.24) is 19.9 Å². The zero-order chi connectivity index (χ0) is 16.3. The second-order valence-electron chi connectivity index (χ2n) is 7.11. The lowest BCUT2D eigenvalue weighted by Gasteiger charge is -2.39. The molecule has 7 heteroatoms. The van der Waals surface area contributed by atoms with Gasteiger partial charge < -0.3 is 19.1 Å². The number of amides is 1. The molecule has 1 aromatic heterocycles. The van der Waals surface area contributed by atoms with Gasteiger partial charge in [0.25, 0.3) is 0 Å². The maximum atomic E-state index is 11.8. The number of carbonyl (C=O) groups excluding carboxylic acids is 1. The Hall–Kier alpha value is -1.63. The molecule has 0 N–H and O–H groups in total. The van der Waals surface area contributed by atoms with Crippen molar-refractivity contribution < 1.29 is 14.1 Å². The van der Waals surface area contributed by atoms with Gasteiger partial charge in [0.05, 0.1) is 0 Å². The predicted molar refractivity (Wildman–Crippen MR) is 81.6 cm³/mol. The molecule has 0 saturated carbocycles. The summed E-state index contributed by atoms with van der Waals surface area (Å²) in [5.41, 5.74) is -0.448. The van der Waals surface area contributed by atoms with E-state index in [2.05, 4.69) is 15.0 Å². The van der Waals surface area contributed by atoms with E-state index in [1.807, 2.05) is 34.9 Å². The van der Waals surface area contributed by atoms with Gasteiger partial charge in [-0.3, -0.25) is 0 Å². The van der Waals surface area contributed by atoms with Crippen LogP contribution in [0.1, 0.15) is 32.5 Å². The van der Waals surface area contributed by atoms with E-state index in [0.29, 0.717) is 31.3 Å². The Morgan fingerprint density at radius 2 is 2.09 bits per heavy atom. The molecule has 0 aromatic carbocycles. The average molecular weight is 310 g/mol. The molecule has 0 atom stereocenters. The van der Waals surface area contributed by atoms with Crippen LogP contribution in [-0.2, 0) is 17.6 Å². The molecule has 0 bridgehead atoms. The van der Waals surface area contributed by atoms with E-state index in [-0.39, 0.29) is 6.09 Å². The van der Waals surface area contributed by atoms with Gasteiger partial charge in [0.15, 0.2) is 5.82 Å². The summed E-state index contributed by atoms with van der Waals surface area (Å²) >= 11 is 0. The first kappa shape index (κ1) is 16.7. The summed E-state index contributed by atoms with van der Waals surface area (Å²) in [7, 11) is 4.03. The molecule has 0 spiro atoms. The van der Waals surface area contributed by atoms with Crippen molar-refractivity contribution in [3.63, 3.8) is 0 Å². The van der Waals surface area contributed by atoms with Crippen LogP contribution >= 0.6 is 0 Å². The first-order valence-corrected chi connectivity index (χ1v) is 7.67. The first-order valence-electron chi connectivity index (χ1n) is 7.67. The summed E-state index contributed by atoms with van der Waals surface area (Å²) in [6, 6.07) is 0. The van der Waals surface area contributed by atoms with Gasteiger partial charge in [-0.1, -0.05) is 5.16 Å². The van der Waals surface area contributed by atoms with Gasteiger partial charge in [-0.15, -0.1) is 0 Å². The second kappa shape index (κ2) is 6.64. The number of nitrogens with zero attached hydrogens (tertiary/aromatic N) is 4. The zero-order valence-corrected chi connectivity index (χ0v) is 14.1. The Labute approximate surface area is 131 Å². The van der Waals surface area contributed by atoms with E-state index in [9.17, 15) is 4.79 Å². The summed E-state index contributed by atoms with van der Waals surface area (Å²) in [6.45, 7) is 7.88. The highest BCUT2D eigenvalue weighted by Gasteiger charge is 2.34. The Morgan fingerprint density at radius 3 is 2.68 bits per heavy atom. The Bertz CT molecular complexity index is 501. The monoisotopic (exact) mass is 310 g/mol. The molecule has 7 nitrogen and oxygen atoms in total. The summed E-state index contributed by atoms with van der Waals surface area (Å²) < 4.78 is 10.6. The van der Waals surface area contributed by atoms with Crippen LogP contribution in [0.4, 0.5) is 4.79 Å². The fraction of sp³-hybridized carbons (Fsp3) is 0.800. The molecular weight excluding hydrogens is 284 g/mol. The minimum absolute atomic E-state index is 0.249. The fourth-order valence-corrected chi connectivity index (χ4v) is 2.22. The zero-order valence-electron chi connectivity index (χ0n) is 14.1. The van der Waals surface area contributed by atoms with E-state index < -0.39 is 5.60 Å². The lowest BCUT2D eigenvalue weighted by atomic mass is 9.97. The van der Waals surface area contributed by atoms with Crippen LogP contribution in [0.5, 0.6) is 0 Å². The normalized spacial score (nSPS) is 16.0. The number of rotatable bonds is 5. The van der Waals surface area contributed by atoms with Crippen LogP contribution in [-0.4, -0.2) is 65.4 Å². The molecule has 0 aliphatic carbocycles. The van der Waals surface area contributed by atoms with Gasteiger partial charge >= 0.3 is 6.09 Å². The van der Waals surface area contributed by atoms with Crippen molar-refractivity contribution in [3.05, 3.63) is 11.7 Å². The van der Waals surface area contributed by atoms with Crippen LogP contribution in [0.3, 0.4) is 0 Å². The van der Waals surface area contributed by atoms with E-state index in [1.54, 1.807) is 4.90 Å². The number of hydrogen-bond donors (Lipinski definition) is 0. The SMILES string of the molecule is CN(C)CCc1noc(CC2CN(C(=O)OC(C)(C)C)C2)n1. The lowest BCUT2D eigenvalue weighted by Crippen LogP contribution is -2.52. The average Bonchev–Trinajstić information content (AvgIpc) is 2.76. The molecule has 2 rings (SSSR count). The van der Waals surface area contributed by atoms with Gasteiger partial charge in [0, 0.05) is 38.4 Å². The van der Waals surface area contributed by atoms with Gasteiger partial charge in [-0.2, -0.15) is 4.98 Å². The van der Waals surface area contributed by atoms with Crippen molar-refractivity contribution in [2.24, 2.45) is 5.92 Å². The second-order valence-corrected chi connectivity index (χ2v) is 7.11. The van der Waals surface area contributed by atoms with Gasteiger partial charge in [0.1, 0.15) is 5.60 Å². The first-order chi connectivity index (χ1) is 10.2. The van der Waals surface area contributed by atoms with Crippen LogP contribution in [0.25, 0.3) is 0 Å². The van der Waals surface area contributed by atoms with E-state index in [1.165, 1.54) is 0 Å². The quantitative estimate of drug-likeness (QED) is 0.822. The summed E-state index contributed by atoms with van der Waals surface area (Å²) in [4.78, 5) is 20.0.